The normalized spacial score (nSPS) is 17.6. The van der Waals surface area contributed by atoms with Crippen LogP contribution < -0.4 is 10.9 Å². The van der Waals surface area contributed by atoms with E-state index in [0.717, 1.165) is 35.0 Å². The summed E-state index contributed by atoms with van der Waals surface area (Å²) in [5.74, 6) is -0.139. The quantitative estimate of drug-likeness (QED) is 0.787. The first kappa shape index (κ1) is 13.2. The Labute approximate surface area is 123 Å². The highest BCUT2D eigenvalue weighted by molar-refractivity contribution is 9.10. The lowest BCUT2D eigenvalue weighted by molar-refractivity contribution is 0.0928. The summed E-state index contributed by atoms with van der Waals surface area (Å²) in [7, 11) is 0. The van der Waals surface area contributed by atoms with Gasteiger partial charge in [-0.3, -0.25) is 9.59 Å². The number of hydrogen-bond acceptors (Lipinski definition) is 2. The van der Waals surface area contributed by atoms with Gasteiger partial charge in [0, 0.05) is 22.4 Å². The zero-order chi connectivity index (χ0) is 14.1. The van der Waals surface area contributed by atoms with Crippen LogP contribution in [0, 0.1) is 0 Å². The maximum Gasteiger partial charge on any atom is 0.268 e. The lowest BCUT2D eigenvalue weighted by Crippen LogP contribution is -2.32. The first-order valence-electron chi connectivity index (χ1n) is 6.50. The van der Waals surface area contributed by atoms with Crippen LogP contribution in [0.5, 0.6) is 0 Å². The summed E-state index contributed by atoms with van der Waals surface area (Å²) in [5.41, 5.74) is 2.37. The van der Waals surface area contributed by atoms with E-state index in [1.807, 2.05) is 6.07 Å². The van der Waals surface area contributed by atoms with Gasteiger partial charge in [-0.05, 0) is 52.9 Å². The van der Waals surface area contributed by atoms with Crippen molar-refractivity contribution in [2.45, 2.75) is 25.3 Å². The topological polar surface area (TPSA) is 77.8 Å². The number of carbonyl (C=O) groups is 1. The Balaban J connectivity index is 1.83. The number of rotatable bonds is 2. The van der Waals surface area contributed by atoms with E-state index in [2.05, 4.69) is 31.2 Å². The van der Waals surface area contributed by atoms with E-state index < -0.39 is 0 Å². The number of H-pyrrole nitrogens is 2. The summed E-state index contributed by atoms with van der Waals surface area (Å²) >= 11 is 3.31. The molecule has 2 aromatic heterocycles. The van der Waals surface area contributed by atoms with Crippen LogP contribution in [0.25, 0.3) is 0 Å². The molecule has 3 rings (SSSR count). The molecule has 1 amide bonds. The SMILES string of the molecule is O=C(N[C@H]1CCCc2[nH]c(=O)ccc21)c1cc(Br)c[nH]1. The highest BCUT2D eigenvalue weighted by Crippen LogP contribution is 2.27. The van der Waals surface area contributed by atoms with Crippen molar-refractivity contribution < 1.29 is 4.79 Å². The van der Waals surface area contributed by atoms with Crippen molar-refractivity contribution in [2.24, 2.45) is 0 Å². The lowest BCUT2D eigenvalue weighted by Gasteiger charge is -2.25. The first-order chi connectivity index (χ1) is 9.63. The number of fused-ring (bicyclic) bond motifs is 1. The summed E-state index contributed by atoms with van der Waals surface area (Å²) in [6.45, 7) is 0. The van der Waals surface area contributed by atoms with Gasteiger partial charge >= 0.3 is 0 Å². The molecular weight excluding hydrogens is 322 g/mol. The van der Waals surface area contributed by atoms with Gasteiger partial charge in [-0.15, -0.1) is 0 Å². The van der Waals surface area contributed by atoms with Crippen LogP contribution in [-0.2, 0) is 6.42 Å². The third-order valence-corrected chi connectivity index (χ3v) is 3.99. The standard InChI is InChI=1S/C14H14BrN3O2/c15-8-6-12(16-7-8)14(20)18-11-3-1-2-10-9(11)4-5-13(19)17-10/h4-7,11,16H,1-3H2,(H,17,19)(H,18,20)/t11-/m0/s1. The maximum atomic E-state index is 12.2. The molecule has 0 saturated heterocycles. The summed E-state index contributed by atoms with van der Waals surface area (Å²) < 4.78 is 0.844. The van der Waals surface area contributed by atoms with E-state index in [1.54, 1.807) is 12.3 Å². The van der Waals surface area contributed by atoms with Gasteiger partial charge in [0.2, 0.25) is 5.56 Å². The van der Waals surface area contributed by atoms with Crippen LogP contribution in [0.3, 0.4) is 0 Å². The number of carbonyl (C=O) groups excluding carboxylic acids is 1. The average molecular weight is 336 g/mol. The molecule has 0 radical (unpaired) electrons. The number of nitrogens with one attached hydrogen (secondary N) is 3. The predicted octanol–water partition coefficient (Wildman–Crippen LogP) is 2.27. The number of halogens is 1. The Morgan fingerprint density at radius 2 is 2.25 bits per heavy atom. The zero-order valence-electron chi connectivity index (χ0n) is 10.7. The third-order valence-electron chi connectivity index (χ3n) is 3.53. The molecule has 104 valence electrons. The van der Waals surface area contributed by atoms with Crippen molar-refractivity contribution >= 4 is 21.8 Å². The van der Waals surface area contributed by atoms with Crippen molar-refractivity contribution in [1.82, 2.24) is 15.3 Å². The fourth-order valence-electron chi connectivity index (χ4n) is 2.59. The van der Waals surface area contributed by atoms with E-state index in [4.69, 9.17) is 0 Å². The Morgan fingerprint density at radius 3 is 3.00 bits per heavy atom. The zero-order valence-corrected chi connectivity index (χ0v) is 12.3. The molecule has 1 aliphatic carbocycles. The van der Waals surface area contributed by atoms with E-state index in [-0.39, 0.29) is 17.5 Å². The van der Waals surface area contributed by atoms with Gasteiger partial charge in [0.25, 0.3) is 5.91 Å². The van der Waals surface area contributed by atoms with Crippen LogP contribution in [0.4, 0.5) is 0 Å². The smallest absolute Gasteiger partial charge is 0.268 e. The molecule has 0 unspecified atom stereocenters. The van der Waals surface area contributed by atoms with E-state index in [9.17, 15) is 9.59 Å². The summed E-state index contributed by atoms with van der Waals surface area (Å²) in [6.07, 6.45) is 4.41. The molecule has 0 fully saturated rings. The van der Waals surface area contributed by atoms with Crippen LogP contribution in [-0.4, -0.2) is 15.9 Å². The molecule has 6 heteroatoms. The van der Waals surface area contributed by atoms with Gasteiger partial charge < -0.3 is 15.3 Å². The van der Waals surface area contributed by atoms with Crippen molar-refractivity contribution in [3.05, 3.63) is 56.2 Å². The minimum atomic E-state index is -0.139. The van der Waals surface area contributed by atoms with Gasteiger partial charge in [-0.1, -0.05) is 0 Å². The second kappa shape index (κ2) is 5.28. The molecular formula is C14H14BrN3O2. The van der Waals surface area contributed by atoms with Gasteiger partial charge in [-0.25, -0.2) is 0 Å². The number of hydrogen-bond donors (Lipinski definition) is 3. The number of aromatic amines is 2. The van der Waals surface area contributed by atoms with Crippen LogP contribution >= 0.6 is 15.9 Å². The molecule has 0 aliphatic heterocycles. The number of aromatic nitrogens is 2. The van der Waals surface area contributed by atoms with E-state index in [0.29, 0.717) is 5.69 Å². The van der Waals surface area contributed by atoms with Crippen LogP contribution in [0.2, 0.25) is 0 Å². The molecule has 0 bridgehead atoms. The Hall–Kier alpha value is -1.82. The Morgan fingerprint density at radius 1 is 1.40 bits per heavy atom. The summed E-state index contributed by atoms with van der Waals surface area (Å²) in [4.78, 5) is 29.3. The maximum absolute atomic E-state index is 12.2. The van der Waals surface area contributed by atoms with Crippen molar-refractivity contribution in [1.29, 1.82) is 0 Å². The van der Waals surface area contributed by atoms with Crippen LogP contribution in [0.15, 0.2) is 33.7 Å². The van der Waals surface area contributed by atoms with Gasteiger partial charge in [0.1, 0.15) is 5.69 Å². The van der Waals surface area contributed by atoms with Crippen LogP contribution in [0.1, 0.15) is 40.6 Å². The Kier molecular flexibility index (Phi) is 3.48. The van der Waals surface area contributed by atoms with E-state index in [1.165, 1.54) is 6.07 Å². The average Bonchev–Trinajstić information content (AvgIpc) is 2.85. The molecule has 3 N–H and O–H groups in total. The monoisotopic (exact) mass is 335 g/mol. The molecule has 0 aromatic carbocycles. The second-order valence-electron chi connectivity index (χ2n) is 4.91. The molecule has 2 aromatic rings. The molecule has 0 saturated carbocycles. The Bertz CT molecular complexity index is 704. The minimum Gasteiger partial charge on any atom is -0.356 e. The predicted molar refractivity (Wildman–Crippen MR) is 78.7 cm³/mol. The van der Waals surface area contributed by atoms with Crippen molar-refractivity contribution in [3.8, 4) is 0 Å². The third kappa shape index (κ3) is 2.56. The number of aryl methyl sites for hydroxylation is 1. The molecule has 2 heterocycles. The first-order valence-corrected chi connectivity index (χ1v) is 7.29. The molecule has 0 spiro atoms. The minimum absolute atomic E-state index is 0.0508. The largest absolute Gasteiger partial charge is 0.356 e. The second-order valence-corrected chi connectivity index (χ2v) is 5.82. The number of pyridine rings is 1. The van der Waals surface area contributed by atoms with Gasteiger partial charge in [0.05, 0.1) is 6.04 Å². The molecule has 5 nitrogen and oxygen atoms in total. The fraction of sp³-hybridized carbons (Fsp3) is 0.286. The lowest BCUT2D eigenvalue weighted by atomic mass is 9.91. The summed E-state index contributed by atoms with van der Waals surface area (Å²) in [5, 5.41) is 3.01. The van der Waals surface area contributed by atoms with Gasteiger partial charge in [-0.2, -0.15) is 0 Å². The van der Waals surface area contributed by atoms with Gasteiger partial charge in [0.15, 0.2) is 0 Å². The molecule has 20 heavy (non-hydrogen) atoms. The fourth-order valence-corrected chi connectivity index (χ4v) is 2.93. The highest BCUT2D eigenvalue weighted by atomic mass is 79.9. The number of amides is 1. The highest BCUT2D eigenvalue weighted by Gasteiger charge is 2.23. The van der Waals surface area contributed by atoms with E-state index >= 15 is 0 Å². The van der Waals surface area contributed by atoms with Crippen molar-refractivity contribution in [3.63, 3.8) is 0 Å². The summed E-state index contributed by atoms with van der Waals surface area (Å²) in [6, 6.07) is 5.01. The molecule has 1 aliphatic rings. The van der Waals surface area contributed by atoms with Crippen molar-refractivity contribution in [2.75, 3.05) is 0 Å². The molecule has 1 atom stereocenters.